The predicted molar refractivity (Wildman–Crippen MR) is 71.4 cm³/mol. The number of hydrogen-bond donors (Lipinski definition) is 1. The molecule has 2 heterocycles. The van der Waals surface area contributed by atoms with Gasteiger partial charge in [0.2, 0.25) is 0 Å². The minimum atomic E-state index is -4.29. The summed E-state index contributed by atoms with van der Waals surface area (Å²) in [5.74, 6) is 0. The van der Waals surface area contributed by atoms with Crippen molar-refractivity contribution in [3.8, 4) is 0 Å². The molecule has 0 saturated carbocycles. The first-order valence-electron chi connectivity index (χ1n) is 5.77. The van der Waals surface area contributed by atoms with Gasteiger partial charge in [0.25, 0.3) is 0 Å². The van der Waals surface area contributed by atoms with E-state index in [1.54, 1.807) is 0 Å². The lowest BCUT2D eigenvalue weighted by Crippen LogP contribution is -2.31. The fraction of sp³-hybridized carbons (Fsp3) is 0.727. The molecule has 0 bridgehead atoms. The molecule has 3 nitrogen and oxygen atoms in total. The molecule has 0 radical (unpaired) electrons. The summed E-state index contributed by atoms with van der Waals surface area (Å²) in [6.07, 6.45) is -2.38. The molecular weight excluding hydrogens is 299 g/mol. The number of halogens is 4. The molecule has 1 atom stereocenters. The minimum absolute atomic E-state index is 0. The van der Waals surface area contributed by atoms with Gasteiger partial charge in [0.05, 0.1) is 12.7 Å². The maximum atomic E-state index is 12.4. The maximum Gasteiger partial charge on any atom is 0.427 e. The number of alkyl halides is 3. The number of hydrogen-bond acceptors (Lipinski definition) is 4. The van der Waals surface area contributed by atoms with Gasteiger partial charge >= 0.3 is 6.18 Å². The summed E-state index contributed by atoms with van der Waals surface area (Å²) < 4.78 is 37.3. The number of thiazole rings is 1. The first-order chi connectivity index (χ1) is 8.32. The normalized spacial score (nSPS) is 24.5. The summed E-state index contributed by atoms with van der Waals surface area (Å²) >= 11 is 0.725. The van der Waals surface area contributed by atoms with Crippen LogP contribution in [0.2, 0.25) is 0 Å². The average Bonchev–Trinajstić information content (AvgIpc) is 2.86. The van der Waals surface area contributed by atoms with E-state index >= 15 is 0 Å². The quantitative estimate of drug-likeness (QED) is 0.932. The predicted octanol–water partition coefficient (Wildman–Crippen LogP) is 2.75. The Morgan fingerprint density at radius 1 is 1.53 bits per heavy atom. The Bertz CT molecular complexity index is 424. The molecule has 0 aromatic carbocycles. The van der Waals surface area contributed by atoms with Crippen LogP contribution in [0.1, 0.15) is 23.2 Å². The Labute approximate surface area is 120 Å². The SMILES string of the molecule is CC1(CN)CCN(Cc2ncc(C(F)(F)F)s2)C1.Cl. The summed E-state index contributed by atoms with van der Waals surface area (Å²) in [5.41, 5.74) is 5.78. The van der Waals surface area contributed by atoms with E-state index < -0.39 is 11.1 Å². The first kappa shape index (κ1) is 16.7. The van der Waals surface area contributed by atoms with Crippen LogP contribution in [0.25, 0.3) is 0 Å². The Balaban J connectivity index is 0.00000180. The summed E-state index contributed by atoms with van der Waals surface area (Å²) in [5, 5.41) is 0.517. The number of nitrogens with zero attached hydrogens (tertiary/aromatic N) is 2. The molecule has 1 fully saturated rings. The van der Waals surface area contributed by atoms with Gasteiger partial charge in [0.15, 0.2) is 0 Å². The molecule has 1 aliphatic rings. The van der Waals surface area contributed by atoms with E-state index in [1.165, 1.54) is 0 Å². The van der Waals surface area contributed by atoms with Gasteiger partial charge in [0.1, 0.15) is 9.88 Å². The molecule has 19 heavy (non-hydrogen) atoms. The van der Waals surface area contributed by atoms with Crippen molar-refractivity contribution in [3.63, 3.8) is 0 Å². The summed E-state index contributed by atoms with van der Waals surface area (Å²) in [6, 6.07) is 0. The van der Waals surface area contributed by atoms with Crippen LogP contribution in [0.5, 0.6) is 0 Å². The molecule has 1 saturated heterocycles. The molecule has 2 rings (SSSR count). The van der Waals surface area contributed by atoms with Crippen molar-refractivity contribution >= 4 is 23.7 Å². The molecule has 1 unspecified atom stereocenters. The Kier molecular flexibility index (Phi) is 5.22. The smallest absolute Gasteiger partial charge is 0.330 e. The van der Waals surface area contributed by atoms with Crippen LogP contribution < -0.4 is 5.73 Å². The van der Waals surface area contributed by atoms with Gasteiger partial charge < -0.3 is 5.73 Å². The van der Waals surface area contributed by atoms with E-state index in [0.29, 0.717) is 18.1 Å². The highest BCUT2D eigenvalue weighted by Gasteiger charge is 2.35. The van der Waals surface area contributed by atoms with Crippen molar-refractivity contribution in [2.45, 2.75) is 26.1 Å². The molecule has 0 spiro atoms. The lowest BCUT2D eigenvalue weighted by Gasteiger charge is -2.21. The van der Waals surface area contributed by atoms with E-state index in [-0.39, 0.29) is 17.8 Å². The van der Waals surface area contributed by atoms with Gasteiger partial charge in [0, 0.05) is 6.54 Å². The van der Waals surface area contributed by atoms with Gasteiger partial charge in [-0.2, -0.15) is 13.2 Å². The molecule has 2 N–H and O–H groups in total. The van der Waals surface area contributed by atoms with Crippen molar-refractivity contribution in [2.24, 2.45) is 11.1 Å². The third kappa shape index (κ3) is 4.05. The van der Waals surface area contributed by atoms with Crippen LogP contribution in [0.3, 0.4) is 0 Å². The zero-order chi connectivity index (χ0) is 13.4. The lowest BCUT2D eigenvalue weighted by molar-refractivity contribution is -0.134. The highest BCUT2D eigenvalue weighted by atomic mass is 35.5. The van der Waals surface area contributed by atoms with E-state index in [9.17, 15) is 13.2 Å². The first-order valence-corrected chi connectivity index (χ1v) is 6.58. The summed E-state index contributed by atoms with van der Waals surface area (Å²) in [4.78, 5) is 5.34. The molecule has 8 heteroatoms. The van der Waals surface area contributed by atoms with Gasteiger partial charge in [-0.25, -0.2) is 4.98 Å². The van der Waals surface area contributed by atoms with Crippen molar-refractivity contribution in [2.75, 3.05) is 19.6 Å². The van der Waals surface area contributed by atoms with Crippen LogP contribution in [0.15, 0.2) is 6.20 Å². The second-order valence-electron chi connectivity index (χ2n) is 5.09. The Morgan fingerprint density at radius 2 is 2.21 bits per heavy atom. The third-order valence-corrected chi connectivity index (χ3v) is 4.35. The number of nitrogens with two attached hydrogens (primary N) is 1. The van der Waals surface area contributed by atoms with Gasteiger partial charge in [-0.05, 0) is 24.9 Å². The van der Waals surface area contributed by atoms with Crippen LogP contribution in [0.4, 0.5) is 13.2 Å². The topological polar surface area (TPSA) is 42.1 Å². The van der Waals surface area contributed by atoms with Crippen LogP contribution in [-0.4, -0.2) is 29.5 Å². The highest BCUT2D eigenvalue weighted by Crippen LogP contribution is 2.35. The Morgan fingerprint density at radius 3 is 2.68 bits per heavy atom. The number of aromatic nitrogens is 1. The fourth-order valence-corrected chi connectivity index (χ4v) is 2.96. The van der Waals surface area contributed by atoms with Crippen LogP contribution in [-0.2, 0) is 12.7 Å². The lowest BCUT2D eigenvalue weighted by atomic mass is 9.90. The Hall–Kier alpha value is -0.370. The van der Waals surface area contributed by atoms with E-state index in [1.807, 2.05) is 0 Å². The summed E-state index contributed by atoms with van der Waals surface area (Å²) in [7, 11) is 0. The van der Waals surface area contributed by atoms with Crippen molar-refractivity contribution < 1.29 is 13.2 Å². The van der Waals surface area contributed by atoms with Crippen molar-refractivity contribution in [3.05, 3.63) is 16.1 Å². The van der Waals surface area contributed by atoms with Gasteiger partial charge in [-0.1, -0.05) is 6.92 Å². The zero-order valence-corrected chi connectivity index (χ0v) is 12.2. The average molecular weight is 316 g/mol. The minimum Gasteiger partial charge on any atom is -0.330 e. The largest absolute Gasteiger partial charge is 0.427 e. The monoisotopic (exact) mass is 315 g/mol. The van der Waals surface area contributed by atoms with Crippen LogP contribution >= 0.6 is 23.7 Å². The number of likely N-dealkylation sites (tertiary alicyclic amines) is 1. The molecule has 0 aliphatic carbocycles. The molecule has 1 aromatic rings. The van der Waals surface area contributed by atoms with Gasteiger partial charge in [-0.15, -0.1) is 23.7 Å². The fourth-order valence-electron chi connectivity index (χ4n) is 2.13. The third-order valence-electron chi connectivity index (χ3n) is 3.32. The zero-order valence-electron chi connectivity index (χ0n) is 10.5. The second-order valence-corrected chi connectivity index (χ2v) is 6.21. The number of rotatable bonds is 3. The molecular formula is C11H17ClF3N3S. The highest BCUT2D eigenvalue weighted by molar-refractivity contribution is 7.11. The van der Waals surface area contributed by atoms with E-state index in [2.05, 4.69) is 16.8 Å². The van der Waals surface area contributed by atoms with Crippen molar-refractivity contribution in [1.82, 2.24) is 9.88 Å². The standard InChI is InChI=1S/C11H16F3N3S.ClH/c1-10(6-15)2-3-17(7-10)5-9-16-4-8(18-9)11(12,13)14;/h4H,2-3,5-7,15H2,1H3;1H. The molecule has 110 valence electrons. The molecule has 0 amide bonds. The maximum absolute atomic E-state index is 12.4. The van der Waals surface area contributed by atoms with Crippen LogP contribution in [0, 0.1) is 5.41 Å². The summed E-state index contributed by atoms with van der Waals surface area (Å²) in [6.45, 7) is 4.89. The molecule has 1 aromatic heterocycles. The van der Waals surface area contributed by atoms with Crippen molar-refractivity contribution in [1.29, 1.82) is 0 Å². The van der Waals surface area contributed by atoms with Gasteiger partial charge in [-0.3, -0.25) is 4.90 Å². The second kappa shape index (κ2) is 5.95. The van der Waals surface area contributed by atoms with E-state index in [0.717, 1.165) is 37.0 Å². The van der Waals surface area contributed by atoms with E-state index in [4.69, 9.17) is 5.73 Å². The molecule has 1 aliphatic heterocycles.